The van der Waals surface area contributed by atoms with Gasteiger partial charge in [0, 0.05) is 0 Å². The van der Waals surface area contributed by atoms with Gasteiger partial charge in [0.05, 0.1) is 132 Å². The quantitative estimate of drug-likeness (QED) is 0.0590. The zero-order valence-corrected chi connectivity index (χ0v) is 40.4. The molecule has 370 valence electrons. The van der Waals surface area contributed by atoms with E-state index in [1.165, 1.54) is 101 Å². The van der Waals surface area contributed by atoms with Gasteiger partial charge >= 0.3 is 0 Å². The second-order valence-electron chi connectivity index (χ2n) is 15.9. The molecule has 2 aromatic carbocycles. The van der Waals surface area contributed by atoms with Crippen molar-refractivity contribution in [1.82, 2.24) is 0 Å². The molecule has 0 unspecified atom stereocenters. The molecule has 0 bridgehead atoms. The Kier molecular flexibility index (Phi) is 42.6. The Labute approximate surface area is 388 Å². The maximum absolute atomic E-state index is 5.80. The van der Waals surface area contributed by atoms with Gasteiger partial charge in [-0.25, -0.2) is 0 Å². The molecule has 0 atom stereocenters. The summed E-state index contributed by atoms with van der Waals surface area (Å²) in [4.78, 5) is 0. The summed E-state index contributed by atoms with van der Waals surface area (Å²) in [6, 6.07) is 16.9. The highest BCUT2D eigenvalue weighted by molar-refractivity contribution is 5.28. The highest BCUT2D eigenvalue weighted by Crippen LogP contribution is 2.17. The molecule has 2 rings (SSSR count). The molecule has 0 spiro atoms. The highest BCUT2D eigenvalue weighted by atomic mass is 16.6. The Hall–Kier alpha value is -2.36. The maximum Gasteiger partial charge on any atom is 0.119 e. The van der Waals surface area contributed by atoms with E-state index in [4.69, 9.17) is 56.8 Å². The monoisotopic (exact) mass is 907 g/mol. The molecular formula is C52H90O12. The van der Waals surface area contributed by atoms with Crippen LogP contribution in [0, 0.1) is 0 Å². The molecule has 0 amide bonds. The summed E-state index contributed by atoms with van der Waals surface area (Å²) >= 11 is 0. The van der Waals surface area contributed by atoms with E-state index in [2.05, 4.69) is 62.4 Å². The topological polar surface area (TPSA) is 111 Å². The number of unbranched alkanes of at least 4 members (excludes halogenated alkanes) is 12. The first kappa shape index (κ1) is 57.8. The van der Waals surface area contributed by atoms with E-state index in [-0.39, 0.29) is 0 Å². The molecule has 0 aliphatic rings. The van der Waals surface area contributed by atoms with E-state index >= 15 is 0 Å². The van der Waals surface area contributed by atoms with Crippen LogP contribution in [-0.2, 0) is 60.2 Å². The molecule has 0 fully saturated rings. The lowest BCUT2D eigenvalue weighted by atomic mass is 10.0. The van der Waals surface area contributed by atoms with E-state index in [1.807, 2.05) is 0 Å². The summed E-state index contributed by atoms with van der Waals surface area (Å²) < 4.78 is 67.2. The molecule has 12 heteroatoms. The number of rotatable bonds is 51. The zero-order chi connectivity index (χ0) is 45.3. The van der Waals surface area contributed by atoms with E-state index in [0.29, 0.717) is 145 Å². The van der Waals surface area contributed by atoms with Crippen LogP contribution in [0.3, 0.4) is 0 Å². The average molecular weight is 907 g/mol. The second kappa shape index (κ2) is 47.1. The van der Waals surface area contributed by atoms with E-state index in [9.17, 15) is 0 Å². The van der Waals surface area contributed by atoms with Crippen LogP contribution < -0.4 is 9.47 Å². The Balaban J connectivity index is 1.18. The van der Waals surface area contributed by atoms with Crippen LogP contribution in [0.5, 0.6) is 11.5 Å². The Morgan fingerprint density at radius 3 is 0.672 bits per heavy atom. The average Bonchev–Trinajstić information content (AvgIpc) is 3.32. The van der Waals surface area contributed by atoms with Gasteiger partial charge in [-0.05, 0) is 61.1 Å². The molecule has 0 heterocycles. The fraction of sp³-hybridized carbons (Fsp3) is 0.769. The predicted octanol–water partition coefficient (Wildman–Crippen LogP) is 9.90. The fourth-order valence-electron chi connectivity index (χ4n) is 6.60. The van der Waals surface area contributed by atoms with Crippen LogP contribution in [0.15, 0.2) is 48.5 Å². The van der Waals surface area contributed by atoms with Crippen LogP contribution in [0.2, 0.25) is 0 Å². The third-order valence-electron chi connectivity index (χ3n) is 10.3. The lowest BCUT2D eigenvalue weighted by molar-refractivity contribution is -0.0269. The van der Waals surface area contributed by atoms with Crippen molar-refractivity contribution >= 4 is 0 Å². The van der Waals surface area contributed by atoms with Gasteiger partial charge in [-0.2, -0.15) is 0 Å². The molecule has 0 aromatic heterocycles. The third kappa shape index (κ3) is 38.9. The van der Waals surface area contributed by atoms with Gasteiger partial charge < -0.3 is 56.8 Å². The normalized spacial score (nSPS) is 11.5. The minimum atomic E-state index is 0.511. The summed E-state index contributed by atoms with van der Waals surface area (Å²) in [5, 5.41) is 0. The fourth-order valence-corrected chi connectivity index (χ4v) is 6.60. The van der Waals surface area contributed by atoms with Crippen LogP contribution >= 0.6 is 0 Å². The molecule has 0 N–H and O–H groups in total. The summed E-state index contributed by atoms with van der Waals surface area (Å²) in [6.07, 6.45) is 21.0. The SMILES string of the molecule is CCCCCCCCCc1ccc(OCCOCCOCCOCCOCCOCCOCCOCCOCCOCCOCCOc2ccc(CCCCCCCCC)cc2)cc1. The molecule has 0 aliphatic heterocycles. The predicted molar refractivity (Wildman–Crippen MR) is 255 cm³/mol. The molecule has 0 saturated carbocycles. The standard InChI is InChI=1S/C52H90O12/c1-3-5-7-9-11-13-15-17-49-19-23-51(24-20-49)63-47-45-61-43-41-59-39-37-57-35-33-55-31-29-53-27-28-54-30-32-56-34-36-58-38-40-60-42-44-62-46-48-64-52-25-21-50(22-26-52)18-16-14-12-10-8-6-4-2/h19-26H,3-18,27-48H2,1-2H3. The summed E-state index contributed by atoms with van der Waals surface area (Å²) in [5.41, 5.74) is 2.76. The van der Waals surface area contributed by atoms with Crippen molar-refractivity contribution in [2.24, 2.45) is 0 Å². The molecular weight excluding hydrogens is 817 g/mol. The zero-order valence-electron chi connectivity index (χ0n) is 40.4. The summed E-state index contributed by atoms with van der Waals surface area (Å²) in [5.74, 6) is 1.77. The first-order valence-corrected chi connectivity index (χ1v) is 25.0. The largest absolute Gasteiger partial charge is 0.491 e. The smallest absolute Gasteiger partial charge is 0.119 e. The molecule has 0 aliphatic carbocycles. The number of benzene rings is 2. The minimum absolute atomic E-state index is 0.511. The summed E-state index contributed by atoms with van der Waals surface area (Å²) in [6.45, 7) is 16.0. The first-order chi connectivity index (χ1) is 31.8. The second-order valence-corrected chi connectivity index (χ2v) is 15.9. The Bertz CT molecular complexity index is 1110. The lowest BCUT2D eigenvalue weighted by Crippen LogP contribution is -2.15. The van der Waals surface area contributed by atoms with E-state index < -0.39 is 0 Å². The van der Waals surface area contributed by atoms with Crippen molar-refractivity contribution in [2.75, 3.05) is 145 Å². The number of aryl methyl sites for hydroxylation is 2. The van der Waals surface area contributed by atoms with Crippen molar-refractivity contribution in [3.8, 4) is 11.5 Å². The maximum atomic E-state index is 5.80. The number of ether oxygens (including phenoxy) is 12. The molecule has 0 saturated heterocycles. The van der Waals surface area contributed by atoms with Gasteiger partial charge in [-0.3, -0.25) is 0 Å². The first-order valence-electron chi connectivity index (χ1n) is 25.0. The minimum Gasteiger partial charge on any atom is -0.491 e. The summed E-state index contributed by atoms with van der Waals surface area (Å²) in [7, 11) is 0. The van der Waals surface area contributed by atoms with Gasteiger partial charge in [0.15, 0.2) is 0 Å². The van der Waals surface area contributed by atoms with E-state index in [1.54, 1.807) is 0 Å². The number of hydrogen-bond acceptors (Lipinski definition) is 12. The van der Waals surface area contributed by atoms with Crippen LogP contribution in [0.4, 0.5) is 0 Å². The lowest BCUT2D eigenvalue weighted by Gasteiger charge is -2.09. The van der Waals surface area contributed by atoms with Crippen molar-refractivity contribution in [3.63, 3.8) is 0 Å². The number of hydrogen-bond donors (Lipinski definition) is 0. The van der Waals surface area contributed by atoms with Crippen LogP contribution in [0.1, 0.15) is 115 Å². The van der Waals surface area contributed by atoms with Gasteiger partial charge in [0.2, 0.25) is 0 Å². The third-order valence-corrected chi connectivity index (χ3v) is 10.3. The van der Waals surface area contributed by atoms with Crippen molar-refractivity contribution < 1.29 is 56.8 Å². The highest BCUT2D eigenvalue weighted by Gasteiger charge is 2.01. The van der Waals surface area contributed by atoms with Gasteiger partial charge in [0.1, 0.15) is 24.7 Å². The molecule has 0 radical (unpaired) electrons. The van der Waals surface area contributed by atoms with Gasteiger partial charge in [-0.1, -0.05) is 115 Å². The Morgan fingerprint density at radius 1 is 0.234 bits per heavy atom. The van der Waals surface area contributed by atoms with E-state index in [0.717, 1.165) is 24.3 Å². The Morgan fingerprint density at radius 2 is 0.438 bits per heavy atom. The van der Waals surface area contributed by atoms with Crippen LogP contribution in [0.25, 0.3) is 0 Å². The molecule has 2 aromatic rings. The molecule has 12 nitrogen and oxygen atoms in total. The van der Waals surface area contributed by atoms with Crippen molar-refractivity contribution in [1.29, 1.82) is 0 Å². The van der Waals surface area contributed by atoms with Gasteiger partial charge in [0.25, 0.3) is 0 Å². The molecule has 64 heavy (non-hydrogen) atoms. The van der Waals surface area contributed by atoms with Crippen molar-refractivity contribution in [2.45, 2.75) is 117 Å². The van der Waals surface area contributed by atoms with Crippen LogP contribution in [-0.4, -0.2) is 145 Å². The van der Waals surface area contributed by atoms with Crippen molar-refractivity contribution in [3.05, 3.63) is 59.7 Å². The van der Waals surface area contributed by atoms with Gasteiger partial charge in [-0.15, -0.1) is 0 Å².